The quantitative estimate of drug-likeness (QED) is 0.701. The molecule has 6 heteroatoms. The predicted molar refractivity (Wildman–Crippen MR) is 115 cm³/mol. The van der Waals surface area contributed by atoms with E-state index in [-0.39, 0.29) is 5.91 Å². The van der Waals surface area contributed by atoms with Crippen LogP contribution in [0.4, 0.5) is 17.2 Å². The second-order valence-electron chi connectivity index (χ2n) is 7.20. The summed E-state index contributed by atoms with van der Waals surface area (Å²) in [4.78, 5) is 19.1. The van der Waals surface area contributed by atoms with Crippen molar-refractivity contribution < 1.29 is 4.79 Å². The van der Waals surface area contributed by atoms with Crippen LogP contribution in [0.2, 0.25) is 0 Å². The molecule has 4 rings (SSSR count). The van der Waals surface area contributed by atoms with Crippen LogP contribution in [0.25, 0.3) is 10.9 Å². The van der Waals surface area contributed by atoms with Crippen LogP contribution in [0.15, 0.2) is 42.6 Å². The standard InChI is InChI=1S/C22H27N5O/c1-3-27-19-14-17(8-7-16(19)13-20(27)22(28)23-2)25-21-10-9-18(15-24-21)26-11-5-4-6-12-26/h7-10,13-15H,3-6,11-12H2,1-2H3,(H,23,28)(H,24,25). The van der Waals surface area contributed by atoms with E-state index in [2.05, 4.69) is 32.7 Å². The van der Waals surface area contributed by atoms with Crippen molar-refractivity contribution in [3.05, 3.63) is 48.3 Å². The number of aromatic nitrogens is 2. The molecule has 1 fully saturated rings. The summed E-state index contributed by atoms with van der Waals surface area (Å²) in [5.41, 5.74) is 3.87. The Morgan fingerprint density at radius 3 is 2.61 bits per heavy atom. The van der Waals surface area contributed by atoms with Crippen molar-refractivity contribution in [2.24, 2.45) is 0 Å². The van der Waals surface area contributed by atoms with Crippen molar-refractivity contribution in [3.8, 4) is 0 Å². The third-order valence-electron chi connectivity index (χ3n) is 5.42. The molecule has 0 unspecified atom stereocenters. The first-order valence-electron chi connectivity index (χ1n) is 10.0. The zero-order chi connectivity index (χ0) is 19.5. The molecule has 1 aromatic carbocycles. The summed E-state index contributed by atoms with van der Waals surface area (Å²) in [7, 11) is 1.66. The number of amides is 1. The van der Waals surface area contributed by atoms with E-state index in [1.165, 1.54) is 24.9 Å². The average molecular weight is 377 g/mol. The fraction of sp³-hybridized carbons (Fsp3) is 0.364. The second kappa shape index (κ2) is 7.92. The summed E-state index contributed by atoms with van der Waals surface area (Å²) >= 11 is 0. The van der Waals surface area contributed by atoms with Crippen LogP contribution in [-0.4, -0.2) is 35.6 Å². The maximum absolute atomic E-state index is 12.1. The highest BCUT2D eigenvalue weighted by molar-refractivity contribution is 5.99. The fourth-order valence-corrected chi connectivity index (χ4v) is 3.94. The van der Waals surface area contributed by atoms with E-state index in [9.17, 15) is 4.79 Å². The van der Waals surface area contributed by atoms with Crippen LogP contribution >= 0.6 is 0 Å². The van der Waals surface area contributed by atoms with Gasteiger partial charge in [-0.1, -0.05) is 6.07 Å². The van der Waals surface area contributed by atoms with E-state index in [1.54, 1.807) is 7.05 Å². The smallest absolute Gasteiger partial charge is 0.267 e. The van der Waals surface area contributed by atoms with Gasteiger partial charge in [0, 0.05) is 37.8 Å². The maximum Gasteiger partial charge on any atom is 0.267 e. The molecule has 1 aliphatic heterocycles. The van der Waals surface area contributed by atoms with Crippen LogP contribution in [0.1, 0.15) is 36.7 Å². The highest BCUT2D eigenvalue weighted by atomic mass is 16.1. The highest BCUT2D eigenvalue weighted by Gasteiger charge is 2.14. The summed E-state index contributed by atoms with van der Waals surface area (Å²) in [6, 6.07) is 12.2. The number of piperidine rings is 1. The van der Waals surface area contributed by atoms with E-state index >= 15 is 0 Å². The lowest BCUT2D eigenvalue weighted by molar-refractivity contribution is 0.0954. The third-order valence-corrected chi connectivity index (χ3v) is 5.42. The van der Waals surface area contributed by atoms with Crippen LogP contribution in [0, 0.1) is 0 Å². The molecular weight excluding hydrogens is 350 g/mol. The largest absolute Gasteiger partial charge is 0.370 e. The van der Waals surface area contributed by atoms with Crippen LogP contribution < -0.4 is 15.5 Å². The van der Waals surface area contributed by atoms with E-state index in [0.717, 1.165) is 42.0 Å². The second-order valence-corrected chi connectivity index (χ2v) is 7.20. The van der Waals surface area contributed by atoms with Crippen LogP contribution in [0.5, 0.6) is 0 Å². The minimum Gasteiger partial charge on any atom is -0.370 e. The van der Waals surface area contributed by atoms with E-state index in [0.29, 0.717) is 5.69 Å². The lowest BCUT2D eigenvalue weighted by Gasteiger charge is -2.28. The fourth-order valence-electron chi connectivity index (χ4n) is 3.94. The Morgan fingerprint density at radius 2 is 1.93 bits per heavy atom. The van der Waals surface area contributed by atoms with Gasteiger partial charge in [-0.05, 0) is 56.5 Å². The number of carbonyl (C=O) groups is 1. The molecular formula is C22H27N5O. The van der Waals surface area contributed by atoms with Gasteiger partial charge < -0.3 is 20.1 Å². The maximum atomic E-state index is 12.1. The Kier molecular flexibility index (Phi) is 5.19. The van der Waals surface area contributed by atoms with Gasteiger partial charge in [-0.25, -0.2) is 4.98 Å². The molecule has 2 aromatic heterocycles. The molecule has 1 amide bonds. The van der Waals surface area contributed by atoms with Gasteiger partial charge in [0.15, 0.2) is 0 Å². The lowest BCUT2D eigenvalue weighted by atomic mass is 10.1. The Bertz CT molecular complexity index is 971. The minimum absolute atomic E-state index is 0.0671. The van der Waals surface area contributed by atoms with Gasteiger partial charge in [0.1, 0.15) is 11.5 Å². The number of anilines is 3. The summed E-state index contributed by atoms with van der Waals surface area (Å²) < 4.78 is 2.03. The van der Waals surface area contributed by atoms with Crippen molar-refractivity contribution >= 4 is 34.0 Å². The molecule has 0 atom stereocenters. The number of fused-ring (bicyclic) bond motifs is 1. The summed E-state index contributed by atoms with van der Waals surface area (Å²) in [6.07, 6.45) is 5.79. The minimum atomic E-state index is -0.0671. The van der Waals surface area contributed by atoms with Crippen molar-refractivity contribution in [2.75, 3.05) is 30.4 Å². The summed E-state index contributed by atoms with van der Waals surface area (Å²) in [5, 5.41) is 7.16. The SMILES string of the molecule is CCn1c(C(=O)NC)cc2ccc(Nc3ccc(N4CCCCC4)cn3)cc21. The molecule has 0 bridgehead atoms. The molecule has 0 radical (unpaired) electrons. The molecule has 1 aliphatic rings. The number of carbonyl (C=O) groups excluding carboxylic acids is 1. The molecule has 3 aromatic rings. The van der Waals surface area contributed by atoms with E-state index in [1.807, 2.05) is 42.0 Å². The molecule has 1 saturated heterocycles. The molecule has 28 heavy (non-hydrogen) atoms. The number of aryl methyl sites for hydroxylation is 1. The normalized spacial score (nSPS) is 14.3. The van der Waals surface area contributed by atoms with Gasteiger partial charge in [-0.15, -0.1) is 0 Å². The molecule has 0 spiro atoms. The molecule has 0 aliphatic carbocycles. The predicted octanol–water partition coefficient (Wildman–Crippen LogP) is 4.15. The molecule has 0 saturated carbocycles. The topological polar surface area (TPSA) is 62.2 Å². The van der Waals surface area contributed by atoms with Crippen molar-refractivity contribution in [3.63, 3.8) is 0 Å². The Balaban J connectivity index is 1.56. The first kappa shape index (κ1) is 18.3. The molecule has 3 heterocycles. The van der Waals surface area contributed by atoms with Crippen molar-refractivity contribution in [2.45, 2.75) is 32.7 Å². The zero-order valence-corrected chi connectivity index (χ0v) is 16.5. The Hall–Kier alpha value is -3.02. The Labute approximate surface area is 165 Å². The van der Waals surface area contributed by atoms with E-state index in [4.69, 9.17) is 0 Å². The molecule has 146 valence electrons. The van der Waals surface area contributed by atoms with Gasteiger partial charge in [-0.3, -0.25) is 4.79 Å². The van der Waals surface area contributed by atoms with Gasteiger partial charge in [0.2, 0.25) is 0 Å². The number of benzene rings is 1. The van der Waals surface area contributed by atoms with Crippen molar-refractivity contribution in [1.82, 2.24) is 14.9 Å². The first-order chi connectivity index (χ1) is 13.7. The first-order valence-corrected chi connectivity index (χ1v) is 10.0. The van der Waals surface area contributed by atoms with Crippen LogP contribution in [-0.2, 0) is 6.54 Å². The number of pyridine rings is 1. The van der Waals surface area contributed by atoms with Gasteiger partial charge in [0.25, 0.3) is 5.91 Å². The number of hydrogen-bond acceptors (Lipinski definition) is 4. The van der Waals surface area contributed by atoms with E-state index < -0.39 is 0 Å². The number of hydrogen-bond donors (Lipinski definition) is 2. The molecule has 6 nitrogen and oxygen atoms in total. The van der Waals surface area contributed by atoms with Gasteiger partial charge >= 0.3 is 0 Å². The van der Waals surface area contributed by atoms with Crippen LogP contribution in [0.3, 0.4) is 0 Å². The van der Waals surface area contributed by atoms with Crippen molar-refractivity contribution in [1.29, 1.82) is 0 Å². The number of rotatable bonds is 5. The average Bonchev–Trinajstić information content (AvgIpc) is 3.12. The highest BCUT2D eigenvalue weighted by Crippen LogP contribution is 2.26. The molecule has 2 N–H and O–H groups in total. The Morgan fingerprint density at radius 1 is 1.11 bits per heavy atom. The monoisotopic (exact) mass is 377 g/mol. The summed E-state index contributed by atoms with van der Waals surface area (Å²) in [6.45, 7) is 5.02. The van der Waals surface area contributed by atoms with Gasteiger partial charge in [-0.2, -0.15) is 0 Å². The zero-order valence-electron chi connectivity index (χ0n) is 16.5. The third kappa shape index (κ3) is 3.54. The summed E-state index contributed by atoms with van der Waals surface area (Å²) in [5.74, 6) is 0.753. The van der Waals surface area contributed by atoms with Gasteiger partial charge in [0.05, 0.1) is 17.4 Å². The lowest BCUT2D eigenvalue weighted by Crippen LogP contribution is -2.29. The number of nitrogens with zero attached hydrogens (tertiary/aromatic N) is 3. The number of nitrogens with one attached hydrogen (secondary N) is 2.